The number of esters is 1. The molecule has 0 bridgehead atoms. The van der Waals surface area contributed by atoms with E-state index >= 15 is 0 Å². The second kappa shape index (κ2) is 5.91. The average molecular weight is 313 g/mol. The van der Waals surface area contributed by atoms with Gasteiger partial charge >= 0.3 is 5.97 Å². The number of benzene rings is 1. The van der Waals surface area contributed by atoms with Gasteiger partial charge in [0.05, 0.1) is 18.3 Å². The molecule has 0 fully saturated rings. The Bertz CT molecular complexity index is 809. The molecular formula is C18H19NO4. The van der Waals surface area contributed by atoms with Crippen LogP contribution in [0.25, 0.3) is 11.3 Å². The summed E-state index contributed by atoms with van der Waals surface area (Å²) in [6.07, 6.45) is 1.48. The predicted molar refractivity (Wildman–Crippen MR) is 86.9 cm³/mol. The lowest BCUT2D eigenvalue weighted by molar-refractivity contribution is 0.0523. The zero-order chi connectivity index (χ0) is 16.6. The fourth-order valence-electron chi connectivity index (χ4n) is 2.77. The fraction of sp³-hybridized carbons (Fsp3) is 0.333. The maximum atomic E-state index is 12.4. The van der Waals surface area contributed by atoms with E-state index < -0.39 is 5.97 Å². The number of hydrogen-bond donors (Lipinski definition) is 0. The molecule has 1 aliphatic rings. The number of nitrogens with zero attached hydrogens (tertiary/aromatic N) is 1. The van der Waals surface area contributed by atoms with E-state index in [2.05, 4.69) is 0 Å². The van der Waals surface area contributed by atoms with E-state index in [4.69, 9.17) is 9.47 Å². The van der Waals surface area contributed by atoms with Gasteiger partial charge in [0.25, 0.3) is 0 Å². The predicted octanol–water partition coefficient (Wildman–Crippen LogP) is 3.03. The largest absolute Gasteiger partial charge is 0.488 e. The van der Waals surface area contributed by atoms with E-state index in [1.807, 2.05) is 42.7 Å². The van der Waals surface area contributed by atoms with Crippen molar-refractivity contribution >= 4 is 5.97 Å². The Hall–Kier alpha value is -2.56. The van der Waals surface area contributed by atoms with E-state index in [1.165, 1.54) is 6.07 Å². The van der Waals surface area contributed by atoms with Crippen LogP contribution >= 0.6 is 0 Å². The van der Waals surface area contributed by atoms with Crippen LogP contribution in [0.3, 0.4) is 0 Å². The molecule has 3 rings (SSSR count). The minimum absolute atomic E-state index is 0.0359. The number of hydrogen-bond acceptors (Lipinski definition) is 4. The van der Waals surface area contributed by atoms with Crippen LogP contribution in [-0.4, -0.2) is 23.2 Å². The first kappa shape index (κ1) is 15.3. The van der Waals surface area contributed by atoms with E-state index in [0.29, 0.717) is 0 Å². The third kappa shape index (κ3) is 2.63. The minimum atomic E-state index is -0.592. The van der Waals surface area contributed by atoms with Crippen molar-refractivity contribution in [2.75, 3.05) is 6.61 Å². The quantitative estimate of drug-likeness (QED) is 0.800. The summed E-state index contributed by atoms with van der Waals surface area (Å²) in [4.78, 5) is 24.4. The minimum Gasteiger partial charge on any atom is -0.488 e. The summed E-state index contributed by atoms with van der Waals surface area (Å²) >= 11 is 0. The monoisotopic (exact) mass is 313 g/mol. The highest BCUT2D eigenvalue weighted by molar-refractivity contribution is 5.89. The normalized spacial score (nSPS) is 19.1. The van der Waals surface area contributed by atoms with Crippen LogP contribution in [-0.2, 0) is 4.74 Å². The van der Waals surface area contributed by atoms with Gasteiger partial charge in [-0.1, -0.05) is 12.1 Å². The molecule has 5 heteroatoms. The highest BCUT2D eigenvalue weighted by Gasteiger charge is 2.26. The van der Waals surface area contributed by atoms with Gasteiger partial charge in [0.1, 0.15) is 17.4 Å². The first-order valence-corrected chi connectivity index (χ1v) is 7.72. The Balaban J connectivity index is 2.24. The Morgan fingerprint density at radius 2 is 2.04 bits per heavy atom. The lowest BCUT2D eigenvalue weighted by Gasteiger charge is -2.22. The van der Waals surface area contributed by atoms with Crippen LogP contribution in [0.2, 0.25) is 0 Å². The van der Waals surface area contributed by atoms with Gasteiger partial charge < -0.3 is 14.0 Å². The molecule has 1 aromatic carbocycles. The van der Waals surface area contributed by atoms with Gasteiger partial charge in [-0.25, -0.2) is 4.79 Å². The third-order valence-electron chi connectivity index (χ3n) is 4.17. The van der Waals surface area contributed by atoms with Crippen molar-refractivity contribution in [3.8, 4) is 17.0 Å². The summed E-state index contributed by atoms with van der Waals surface area (Å²) in [6.45, 7) is 5.92. The number of fused-ring (bicyclic) bond motifs is 3. The van der Waals surface area contributed by atoms with Crippen molar-refractivity contribution in [3.63, 3.8) is 0 Å². The number of rotatable bonds is 2. The number of carbonyl (C=O) groups excluding carboxylic acids is 1. The van der Waals surface area contributed by atoms with Crippen LogP contribution in [0.5, 0.6) is 5.75 Å². The fourth-order valence-corrected chi connectivity index (χ4v) is 2.77. The van der Waals surface area contributed by atoms with Crippen molar-refractivity contribution in [1.29, 1.82) is 0 Å². The molecule has 120 valence electrons. The van der Waals surface area contributed by atoms with E-state index in [1.54, 1.807) is 13.1 Å². The number of para-hydroxylation sites is 1. The summed E-state index contributed by atoms with van der Waals surface area (Å²) in [5.74, 6) is 0.146. The molecule has 2 aromatic rings. The molecule has 0 spiro atoms. The van der Waals surface area contributed by atoms with Gasteiger partial charge in [0.15, 0.2) is 5.43 Å². The molecule has 2 heterocycles. The van der Waals surface area contributed by atoms with Gasteiger partial charge in [0, 0.05) is 17.8 Å². The number of aromatic nitrogens is 1. The maximum Gasteiger partial charge on any atom is 0.343 e. The second-order valence-corrected chi connectivity index (χ2v) is 5.62. The van der Waals surface area contributed by atoms with Gasteiger partial charge in [0.2, 0.25) is 0 Å². The van der Waals surface area contributed by atoms with Crippen molar-refractivity contribution in [2.24, 2.45) is 0 Å². The van der Waals surface area contributed by atoms with Crippen molar-refractivity contribution in [3.05, 3.63) is 52.3 Å². The molecule has 0 saturated heterocycles. The van der Waals surface area contributed by atoms with Crippen molar-refractivity contribution < 1.29 is 14.3 Å². The molecule has 0 saturated carbocycles. The number of carbonyl (C=O) groups is 1. The average Bonchev–Trinajstić information content (AvgIpc) is 2.63. The lowest BCUT2D eigenvalue weighted by atomic mass is 10.1. The summed E-state index contributed by atoms with van der Waals surface area (Å²) in [7, 11) is 0. The molecule has 5 nitrogen and oxygen atoms in total. The Labute approximate surface area is 134 Å². The van der Waals surface area contributed by atoms with Gasteiger partial charge in [-0.2, -0.15) is 0 Å². The molecule has 2 atom stereocenters. The molecular weight excluding hydrogens is 294 g/mol. The lowest BCUT2D eigenvalue weighted by Crippen LogP contribution is -2.26. The van der Waals surface area contributed by atoms with Gasteiger partial charge in [-0.3, -0.25) is 4.79 Å². The smallest absolute Gasteiger partial charge is 0.343 e. The highest BCUT2D eigenvalue weighted by Crippen LogP contribution is 2.36. The zero-order valence-corrected chi connectivity index (χ0v) is 13.4. The van der Waals surface area contributed by atoms with Crippen molar-refractivity contribution in [2.45, 2.75) is 32.9 Å². The molecule has 23 heavy (non-hydrogen) atoms. The molecule has 0 amide bonds. The molecule has 2 unspecified atom stereocenters. The second-order valence-electron chi connectivity index (χ2n) is 5.62. The zero-order valence-electron chi connectivity index (χ0n) is 13.4. The van der Waals surface area contributed by atoms with Crippen LogP contribution in [0.4, 0.5) is 0 Å². The highest BCUT2D eigenvalue weighted by atomic mass is 16.5. The maximum absolute atomic E-state index is 12.4. The van der Waals surface area contributed by atoms with Crippen LogP contribution in [0, 0.1) is 0 Å². The standard InChI is InChI=1S/C18H19NO4/c1-4-22-18(21)14-10-19-11(2)12(3)23-17-8-6-5-7-13(17)15(19)9-16(14)20/h5-12H,4H2,1-3H3. The molecule has 0 N–H and O–H groups in total. The first-order valence-electron chi connectivity index (χ1n) is 7.72. The van der Waals surface area contributed by atoms with E-state index in [-0.39, 0.29) is 29.7 Å². The van der Waals surface area contributed by atoms with Gasteiger partial charge in [-0.05, 0) is 32.9 Å². The van der Waals surface area contributed by atoms with Crippen LogP contribution < -0.4 is 10.2 Å². The molecule has 1 aromatic heterocycles. The van der Waals surface area contributed by atoms with E-state index in [0.717, 1.165) is 17.0 Å². The number of pyridine rings is 1. The summed E-state index contributed by atoms with van der Waals surface area (Å²) in [6, 6.07) is 9.05. The van der Waals surface area contributed by atoms with E-state index in [9.17, 15) is 9.59 Å². The molecule has 1 aliphatic heterocycles. The summed E-state index contributed by atoms with van der Waals surface area (Å²) in [5.41, 5.74) is 1.30. The third-order valence-corrected chi connectivity index (χ3v) is 4.17. The van der Waals surface area contributed by atoms with Crippen molar-refractivity contribution in [1.82, 2.24) is 4.57 Å². The number of ether oxygens (including phenoxy) is 2. The Morgan fingerprint density at radius 1 is 1.30 bits per heavy atom. The SMILES string of the molecule is CCOC(=O)c1cn2c(cc1=O)-c1ccccc1OC(C)C2C. The Morgan fingerprint density at radius 3 is 2.78 bits per heavy atom. The van der Waals surface area contributed by atoms with Crippen LogP contribution in [0.1, 0.15) is 37.2 Å². The summed E-state index contributed by atoms with van der Waals surface area (Å²) < 4.78 is 12.9. The summed E-state index contributed by atoms with van der Waals surface area (Å²) in [5, 5.41) is 0. The van der Waals surface area contributed by atoms with Crippen LogP contribution in [0.15, 0.2) is 41.3 Å². The van der Waals surface area contributed by atoms with Gasteiger partial charge in [-0.15, -0.1) is 0 Å². The first-order chi connectivity index (χ1) is 11.0. The Kier molecular flexibility index (Phi) is 3.94. The molecule has 0 aliphatic carbocycles. The topological polar surface area (TPSA) is 57.5 Å². The molecule has 0 radical (unpaired) electrons.